The van der Waals surface area contributed by atoms with E-state index in [2.05, 4.69) is 32.8 Å². The summed E-state index contributed by atoms with van der Waals surface area (Å²) >= 11 is 0. The number of nitrogens with zero attached hydrogens (tertiary/aromatic N) is 2. The van der Waals surface area contributed by atoms with Crippen LogP contribution in [0.15, 0.2) is 77.8 Å². The first kappa shape index (κ1) is 31.2. The molecule has 2 aliphatic rings. The quantitative estimate of drug-likeness (QED) is 0.349. The van der Waals surface area contributed by atoms with Crippen LogP contribution in [0.5, 0.6) is 0 Å². The number of aliphatic imine (C=N–C) groups is 1. The molecule has 5 rings (SSSR count). The number of fused-ring (bicyclic) bond motifs is 1. The van der Waals surface area contributed by atoms with Crippen molar-refractivity contribution in [3.8, 4) is 0 Å². The number of rotatable bonds is 5. The summed E-state index contributed by atoms with van der Waals surface area (Å²) in [5.74, 6) is -2.63. The molecule has 1 saturated heterocycles. The van der Waals surface area contributed by atoms with Crippen molar-refractivity contribution in [1.29, 1.82) is 0 Å². The van der Waals surface area contributed by atoms with Gasteiger partial charge in [-0.15, -0.1) is 0 Å². The summed E-state index contributed by atoms with van der Waals surface area (Å²) < 4.78 is 31.7. The van der Waals surface area contributed by atoms with Crippen LogP contribution in [0.25, 0.3) is 0 Å². The number of amidine groups is 1. The zero-order valence-electron chi connectivity index (χ0n) is 23.6. The molecule has 9 nitrogen and oxygen atoms in total. The molecule has 1 fully saturated rings. The highest BCUT2D eigenvalue weighted by atomic mass is 19.4. The molecule has 0 aliphatic carbocycles. The maximum atomic E-state index is 13.0. The van der Waals surface area contributed by atoms with E-state index in [0.29, 0.717) is 29.5 Å². The molecule has 3 aromatic carbocycles. The van der Waals surface area contributed by atoms with Gasteiger partial charge in [0.15, 0.2) is 0 Å². The number of carboxylic acid groups (broad SMARTS) is 1. The zero-order valence-corrected chi connectivity index (χ0v) is 23.6. The third-order valence-electron chi connectivity index (χ3n) is 7.02. The summed E-state index contributed by atoms with van der Waals surface area (Å²) in [5.41, 5.74) is 5.04. The highest BCUT2D eigenvalue weighted by molar-refractivity contribution is 6.15. The highest BCUT2D eigenvalue weighted by Gasteiger charge is 2.38. The summed E-state index contributed by atoms with van der Waals surface area (Å²) in [6, 6.07) is 23.4. The number of carboxylic acids is 1. The number of anilines is 1. The lowest BCUT2D eigenvalue weighted by atomic mass is 10.0. The molecule has 0 radical (unpaired) electrons. The van der Waals surface area contributed by atoms with Crippen molar-refractivity contribution in [3.05, 3.63) is 101 Å². The SMILES string of the molecule is CC(NC(=O)c1ccc2c(c1)C(NC(=O)c1ccc(N3CCN[C@@H](C)C3)cc1)=NC2)c1ccccc1.O=C(O)C(F)(F)F. The number of carbonyl (C=O) groups is 3. The Morgan fingerprint density at radius 3 is 2.28 bits per heavy atom. The summed E-state index contributed by atoms with van der Waals surface area (Å²) in [6.45, 7) is 7.46. The van der Waals surface area contributed by atoms with Crippen molar-refractivity contribution in [3.63, 3.8) is 0 Å². The fraction of sp³-hybridized carbons (Fsp3) is 0.290. The van der Waals surface area contributed by atoms with Gasteiger partial charge in [-0.3, -0.25) is 14.6 Å². The number of hydrogen-bond donors (Lipinski definition) is 4. The van der Waals surface area contributed by atoms with Gasteiger partial charge >= 0.3 is 12.1 Å². The fourth-order valence-electron chi connectivity index (χ4n) is 4.71. The van der Waals surface area contributed by atoms with Gasteiger partial charge in [0.1, 0.15) is 5.84 Å². The summed E-state index contributed by atoms with van der Waals surface area (Å²) in [5, 5.41) is 16.6. The smallest absolute Gasteiger partial charge is 0.475 e. The molecule has 2 amide bonds. The van der Waals surface area contributed by atoms with Gasteiger partial charge in [0.25, 0.3) is 11.8 Å². The molecule has 12 heteroatoms. The first-order valence-corrected chi connectivity index (χ1v) is 13.7. The second kappa shape index (κ2) is 13.5. The van der Waals surface area contributed by atoms with Crippen LogP contribution in [0.1, 0.15) is 57.3 Å². The van der Waals surface area contributed by atoms with Crippen LogP contribution in [0.4, 0.5) is 18.9 Å². The van der Waals surface area contributed by atoms with Gasteiger partial charge < -0.3 is 26.0 Å². The van der Waals surface area contributed by atoms with Crippen LogP contribution in [0.3, 0.4) is 0 Å². The first-order valence-electron chi connectivity index (χ1n) is 13.7. The predicted octanol–water partition coefficient (Wildman–Crippen LogP) is 4.30. The molecule has 0 spiro atoms. The van der Waals surface area contributed by atoms with Gasteiger partial charge in [-0.2, -0.15) is 13.2 Å². The van der Waals surface area contributed by atoms with E-state index in [9.17, 15) is 22.8 Å². The number of alkyl halides is 3. The van der Waals surface area contributed by atoms with Crippen molar-refractivity contribution in [1.82, 2.24) is 16.0 Å². The highest BCUT2D eigenvalue weighted by Crippen LogP contribution is 2.22. The van der Waals surface area contributed by atoms with E-state index in [4.69, 9.17) is 9.90 Å². The Bertz CT molecular complexity index is 1490. The Balaban J connectivity index is 0.000000541. The third kappa shape index (κ3) is 8.19. The minimum atomic E-state index is -5.08. The molecule has 2 heterocycles. The van der Waals surface area contributed by atoms with E-state index in [1.807, 2.05) is 79.7 Å². The topological polar surface area (TPSA) is 123 Å². The summed E-state index contributed by atoms with van der Waals surface area (Å²) in [6.07, 6.45) is -5.08. The van der Waals surface area contributed by atoms with Crippen LogP contribution in [0, 0.1) is 0 Å². The normalized spacial score (nSPS) is 16.6. The number of nitrogens with one attached hydrogen (secondary N) is 3. The number of aliphatic carboxylic acids is 1. The Kier molecular flexibility index (Phi) is 9.81. The Labute approximate surface area is 246 Å². The standard InChI is InChI=1S/C29H31N5O2.C2HF3O2/c1-19-18-34(15-14-30-19)25-12-10-22(11-13-25)28(35)33-27-26-16-23(8-9-24(26)17-31-27)29(36)32-20(2)21-6-4-3-5-7-21;3-2(4,5)1(6)7/h3-13,16,19-20,30H,14-15,17-18H2,1-2H3,(H,32,36)(H,31,33,35);(H,6,7)/t19-,20?;/m0./s1. The number of hydrogen-bond acceptors (Lipinski definition) is 6. The predicted molar refractivity (Wildman–Crippen MR) is 156 cm³/mol. The molecule has 0 saturated carbocycles. The number of halogens is 3. The Morgan fingerprint density at radius 1 is 1.00 bits per heavy atom. The maximum absolute atomic E-state index is 13.0. The average Bonchev–Trinajstić information content (AvgIpc) is 3.39. The van der Waals surface area contributed by atoms with E-state index in [1.54, 1.807) is 0 Å². The molecule has 2 aliphatic heterocycles. The average molecular weight is 596 g/mol. The van der Waals surface area contributed by atoms with E-state index < -0.39 is 12.1 Å². The molecule has 0 aromatic heterocycles. The van der Waals surface area contributed by atoms with E-state index in [-0.39, 0.29) is 17.9 Å². The molecular formula is C31H32F3N5O4. The van der Waals surface area contributed by atoms with Crippen LogP contribution in [-0.2, 0) is 11.3 Å². The monoisotopic (exact) mass is 595 g/mol. The second-order valence-corrected chi connectivity index (χ2v) is 10.2. The number of amides is 2. The van der Waals surface area contributed by atoms with Gasteiger partial charge in [-0.25, -0.2) is 4.79 Å². The zero-order chi connectivity index (χ0) is 31.1. The lowest BCUT2D eigenvalue weighted by molar-refractivity contribution is -0.192. The molecule has 226 valence electrons. The van der Waals surface area contributed by atoms with Crippen LogP contribution >= 0.6 is 0 Å². The minimum Gasteiger partial charge on any atom is -0.475 e. The Morgan fingerprint density at radius 2 is 1.65 bits per heavy atom. The largest absolute Gasteiger partial charge is 0.490 e. The van der Waals surface area contributed by atoms with Crippen molar-refractivity contribution >= 4 is 29.3 Å². The maximum Gasteiger partial charge on any atom is 0.490 e. The number of carbonyl (C=O) groups excluding carboxylic acids is 2. The van der Waals surface area contributed by atoms with E-state index in [0.717, 1.165) is 42.0 Å². The number of piperazine rings is 1. The van der Waals surface area contributed by atoms with Gasteiger partial charge in [0.05, 0.1) is 12.6 Å². The summed E-state index contributed by atoms with van der Waals surface area (Å²) in [7, 11) is 0. The van der Waals surface area contributed by atoms with Crippen LogP contribution in [0.2, 0.25) is 0 Å². The van der Waals surface area contributed by atoms with Crippen molar-refractivity contribution in [2.45, 2.75) is 38.7 Å². The van der Waals surface area contributed by atoms with Gasteiger partial charge in [-0.1, -0.05) is 36.4 Å². The second-order valence-electron chi connectivity index (χ2n) is 10.2. The lowest BCUT2D eigenvalue weighted by Gasteiger charge is -2.33. The third-order valence-corrected chi connectivity index (χ3v) is 7.02. The van der Waals surface area contributed by atoms with Crippen LogP contribution < -0.4 is 20.9 Å². The first-order chi connectivity index (χ1) is 20.4. The van der Waals surface area contributed by atoms with Crippen LogP contribution in [-0.4, -0.2) is 60.6 Å². The van der Waals surface area contributed by atoms with Crippen molar-refractivity contribution in [2.75, 3.05) is 24.5 Å². The molecule has 0 bridgehead atoms. The fourth-order valence-corrected chi connectivity index (χ4v) is 4.71. The minimum absolute atomic E-state index is 0.118. The molecule has 2 atom stereocenters. The van der Waals surface area contributed by atoms with E-state index >= 15 is 0 Å². The molecule has 43 heavy (non-hydrogen) atoms. The molecule has 4 N–H and O–H groups in total. The lowest BCUT2D eigenvalue weighted by Crippen LogP contribution is -2.49. The van der Waals surface area contributed by atoms with E-state index in [1.165, 1.54) is 0 Å². The molecule has 3 aromatic rings. The Hall–Kier alpha value is -4.71. The van der Waals surface area contributed by atoms with Gasteiger partial charge in [-0.05, 0) is 61.4 Å². The van der Waals surface area contributed by atoms with Gasteiger partial charge in [0, 0.05) is 48.1 Å². The summed E-state index contributed by atoms with van der Waals surface area (Å²) in [4.78, 5) is 41.6. The van der Waals surface area contributed by atoms with Crippen molar-refractivity contribution in [2.24, 2.45) is 4.99 Å². The molecule has 1 unspecified atom stereocenters. The van der Waals surface area contributed by atoms with Crippen molar-refractivity contribution < 1.29 is 32.7 Å². The number of benzene rings is 3. The molecular weight excluding hydrogens is 563 g/mol. The van der Waals surface area contributed by atoms with Gasteiger partial charge in [0.2, 0.25) is 0 Å².